The summed E-state index contributed by atoms with van der Waals surface area (Å²) < 4.78 is 11.2. The molecule has 0 aromatic heterocycles. The van der Waals surface area contributed by atoms with E-state index in [-0.39, 0.29) is 0 Å². The summed E-state index contributed by atoms with van der Waals surface area (Å²) in [5, 5.41) is 3.53. The molecule has 0 spiro atoms. The van der Waals surface area contributed by atoms with E-state index in [4.69, 9.17) is 9.47 Å². The first kappa shape index (κ1) is 10.6. The summed E-state index contributed by atoms with van der Waals surface area (Å²) in [5.41, 5.74) is 2.33. The molecule has 0 amide bonds. The van der Waals surface area contributed by atoms with Gasteiger partial charge in [0, 0.05) is 31.8 Å². The van der Waals surface area contributed by atoms with Gasteiger partial charge in [-0.15, -0.1) is 0 Å². The molecule has 1 unspecified atom stereocenters. The van der Waals surface area contributed by atoms with E-state index in [0.717, 1.165) is 30.2 Å². The fourth-order valence-corrected chi connectivity index (χ4v) is 2.35. The van der Waals surface area contributed by atoms with Gasteiger partial charge in [0.15, 0.2) is 11.5 Å². The highest BCUT2D eigenvalue weighted by molar-refractivity contribution is 5.76. The Hall–Kier alpha value is -1.58. The molecule has 0 fully saturated rings. The number of rotatable bonds is 0. The van der Waals surface area contributed by atoms with Crippen LogP contribution in [0.4, 0.5) is 11.4 Å². The minimum absolute atomic E-state index is 0.487. The lowest BCUT2D eigenvalue weighted by Crippen LogP contribution is -2.20. The number of ether oxygens (including phenoxy) is 2. The molecule has 92 valence electrons. The van der Waals surface area contributed by atoms with E-state index >= 15 is 0 Å². The van der Waals surface area contributed by atoms with Gasteiger partial charge in [-0.25, -0.2) is 0 Å². The molecule has 2 aliphatic rings. The van der Waals surface area contributed by atoms with E-state index in [9.17, 15) is 0 Å². The SMILES string of the molecule is CC1CCN(C)c2cc3c(cc2N1)OCCO3. The van der Waals surface area contributed by atoms with E-state index in [2.05, 4.69) is 36.3 Å². The highest BCUT2D eigenvalue weighted by Gasteiger charge is 2.21. The van der Waals surface area contributed by atoms with Crippen molar-refractivity contribution in [1.82, 2.24) is 0 Å². The van der Waals surface area contributed by atoms with Gasteiger partial charge in [0.1, 0.15) is 13.2 Å². The monoisotopic (exact) mass is 234 g/mol. The molecule has 1 aromatic carbocycles. The molecule has 3 rings (SSSR count). The van der Waals surface area contributed by atoms with Gasteiger partial charge in [-0.3, -0.25) is 0 Å². The van der Waals surface area contributed by atoms with E-state index in [0.29, 0.717) is 19.3 Å². The molecule has 1 atom stereocenters. The molecule has 2 heterocycles. The second-order valence-electron chi connectivity index (χ2n) is 4.77. The van der Waals surface area contributed by atoms with Gasteiger partial charge in [0.05, 0.1) is 11.4 Å². The van der Waals surface area contributed by atoms with Crippen molar-refractivity contribution in [3.63, 3.8) is 0 Å². The molecule has 0 radical (unpaired) electrons. The summed E-state index contributed by atoms with van der Waals surface area (Å²) in [6.07, 6.45) is 1.14. The molecule has 1 N–H and O–H groups in total. The number of hydrogen-bond donors (Lipinski definition) is 1. The number of anilines is 2. The molecule has 0 saturated heterocycles. The van der Waals surface area contributed by atoms with Crippen molar-refractivity contribution in [3.05, 3.63) is 12.1 Å². The molecule has 0 saturated carbocycles. The van der Waals surface area contributed by atoms with Gasteiger partial charge in [-0.1, -0.05) is 0 Å². The number of benzene rings is 1. The van der Waals surface area contributed by atoms with Crippen LogP contribution in [0.25, 0.3) is 0 Å². The van der Waals surface area contributed by atoms with Crippen LogP contribution in [-0.2, 0) is 0 Å². The number of nitrogens with one attached hydrogen (secondary N) is 1. The predicted octanol–water partition coefficient (Wildman–Crippen LogP) is 2.10. The minimum Gasteiger partial charge on any atom is -0.486 e. The third kappa shape index (κ3) is 1.88. The zero-order chi connectivity index (χ0) is 11.8. The summed E-state index contributed by atoms with van der Waals surface area (Å²) in [6, 6.07) is 4.62. The Balaban J connectivity index is 2.05. The van der Waals surface area contributed by atoms with Crippen LogP contribution in [0.3, 0.4) is 0 Å². The Kier molecular flexibility index (Phi) is 2.50. The van der Waals surface area contributed by atoms with Crippen molar-refractivity contribution in [2.24, 2.45) is 0 Å². The summed E-state index contributed by atoms with van der Waals surface area (Å²) in [4.78, 5) is 2.27. The summed E-state index contributed by atoms with van der Waals surface area (Å²) in [7, 11) is 2.12. The second kappa shape index (κ2) is 4.02. The minimum atomic E-state index is 0.487. The second-order valence-corrected chi connectivity index (χ2v) is 4.77. The molecule has 4 nitrogen and oxygen atoms in total. The zero-order valence-electron chi connectivity index (χ0n) is 10.3. The Bertz CT molecular complexity index is 434. The lowest BCUT2D eigenvalue weighted by Gasteiger charge is -2.24. The zero-order valence-corrected chi connectivity index (χ0v) is 10.3. The van der Waals surface area contributed by atoms with E-state index in [1.54, 1.807) is 0 Å². The standard InChI is InChI=1S/C13H18N2O2/c1-9-3-4-15(2)11-8-13-12(7-10(11)14-9)16-5-6-17-13/h7-9,14H,3-6H2,1-2H3. The fraction of sp³-hybridized carbons (Fsp3) is 0.538. The van der Waals surface area contributed by atoms with Gasteiger partial charge in [-0.05, 0) is 13.3 Å². The Labute approximate surface area is 102 Å². The number of fused-ring (bicyclic) bond motifs is 2. The van der Waals surface area contributed by atoms with Crippen LogP contribution in [0.15, 0.2) is 12.1 Å². The van der Waals surface area contributed by atoms with Crippen molar-refractivity contribution in [3.8, 4) is 11.5 Å². The first-order valence-electron chi connectivity index (χ1n) is 6.15. The van der Waals surface area contributed by atoms with Crippen LogP contribution in [0.1, 0.15) is 13.3 Å². The highest BCUT2D eigenvalue weighted by Crippen LogP contribution is 2.41. The van der Waals surface area contributed by atoms with Crippen LogP contribution >= 0.6 is 0 Å². The highest BCUT2D eigenvalue weighted by atomic mass is 16.6. The van der Waals surface area contributed by atoms with Crippen LogP contribution in [-0.4, -0.2) is 32.8 Å². The van der Waals surface area contributed by atoms with E-state index in [1.165, 1.54) is 5.69 Å². The third-order valence-electron chi connectivity index (χ3n) is 3.37. The third-order valence-corrected chi connectivity index (χ3v) is 3.37. The van der Waals surface area contributed by atoms with Crippen LogP contribution in [0.5, 0.6) is 11.5 Å². The normalized spacial score (nSPS) is 22.5. The van der Waals surface area contributed by atoms with Crippen molar-refractivity contribution in [2.45, 2.75) is 19.4 Å². The van der Waals surface area contributed by atoms with Crippen molar-refractivity contribution in [2.75, 3.05) is 37.0 Å². The number of hydrogen-bond acceptors (Lipinski definition) is 4. The lowest BCUT2D eigenvalue weighted by atomic mass is 10.2. The molecule has 17 heavy (non-hydrogen) atoms. The van der Waals surface area contributed by atoms with Gasteiger partial charge in [-0.2, -0.15) is 0 Å². The van der Waals surface area contributed by atoms with Gasteiger partial charge < -0.3 is 19.7 Å². The Morgan fingerprint density at radius 1 is 1.24 bits per heavy atom. The molecule has 0 aliphatic carbocycles. The topological polar surface area (TPSA) is 33.7 Å². The molecule has 4 heteroatoms. The molecule has 0 bridgehead atoms. The average Bonchev–Trinajstić information content (AvgIpc) is 2.47. The Morgan fingerprint density at radius 2 is 1.94 bits per heavy atom. The smallest absolute Gasteiger partial charge is 0.163 e. The summed E-state index contributed by atoms with van der Waals surface area (Å²) in [5.74, 6) is 1.71. The number of nitrogens with zero attached hydrogens (tertiary/aromatic N) is 1. The summed E-state index contributed by atoms with van der Waals surface area (Å²) >= 11 is 0. The van der Waals surface area contributed by atoms with Crippen molar-refractivity contribution >= 4 is 11.4 Å². The molecular formula is C13H18N2O2. The quantitative estimate of drug-likeness (QED) is 0.745. The molecule has 2 aliphatic heterocycles. The van der Waals surface area contributed by atoms with Crippen molar-refractivity contribution in [1.29, 1.82) is 0 Å². The maximum Gasteiger partial charge on any atom is 0.163 e. The van der Waals surface area contributed by atoms with E-state index < -0.39 is 0 Å². The summed E-state index contributed by atoms with van der Waals surface area (Å²) in [6.45, 7) is 4.54. The van der Waals surface area contributed by atoms with Crippen LogP contribution in [0.2, 0.25) is 0 Å². The maximum absolute atomic E-state index is 5.63. The molecule has 1 aromatic rings. The first-order chi connectivity index (χ1) is 8.24. The molecular weight excluding hydrogens is 216 g/mol. The lowest BCUT2D eigenvalue weighted by molar-refractivity contribution is 0.172. The Morgan fingerprint density at radius 3 is 2.71 bits per heavy atom. The maximum atomic E-state index is 5.63. The fourth-order valence-electron chi connectivity index (χ4n) is 2.35. The van der Waals surface area contributed by atoms with E-state index in [1.807, 2.05) is 0 Å². The predicted molar refractivity (Wildman–Crippen MR) is 68.4 cm³/mol. The largest absolute Gasteiger partial charge is 0.486 e. The first-order valence-corrected chi connectivity index (χ1v) is 6.15. The van der Waals surface area contributed by atoms with Crippen molar-refractivity contribution < 1.29 is 9.47 Å². The van der Waals surface area contributed by atoms with Crippen LogP contribution in [0, 0.1) is 0 Å². The van der Waals surface area contributed by atoms with Gasteiger partial charge in [0.25, 0.3) is 0 Å². The average molecular weight is 234 g/mol. The van der Waals surface area contributed by atoms with Crippen LogP contribution < -0.4 is 19.7 Å². The van der Waals surface area contributed by atoms with Gasteiger partial charge >= 0.3 is 0 Å². The van der Waals surface area contributed by atoms with Gasteiger partial charge in [0.2, 0.25) is 0 Å².